The van der Waals surface area contributed by atoms with E-state index in [2.05, 4.69) is 9.72 Å². The lowest BCUT2D eigenvalue weighted by Crippen LogP contribution is -2.23. The molecule has 0 amide bonds. The lowest BCUT2D eigenvalue weighted by Gasteiger charge is -2.14. The molecule has 0 fully saturated rings. The molecule has 0 atom stereocenters. The summed E-state index contributed by atoms with van der Waals surface area (Å²) in [6.45, 7) is -0.704. The highest BCUT2D eigenvalue weighted by Crippen LogP contribution is 2.31. The summed E-state index contributed by atoms with van der Waals surface area (Å²) < 4.78 is 87.3. The van der Waals surface area contributed by atoms with Crippen molar-refractivity contribution in [3.63, 3.8) is 0 Å². The molecule has 20 heavy (non-hydrogen) atoms. The molecule has 0 saturated heterocycles. The van der Waals surface area contributed by atoms with Gasteiger partial charge in [0.2, 0.25) is 5.88 Å². The fourth-order valence-electron chi connectivity index (χ4n) is 1.35. The van der Waals surface area contributed by atoms with Gasteiger partial charge in [-0.1, -0.05) is 0 Å². The Balaban J connectivity index is 3.57. The van der Waals surface area contributed by atoms with Crippen LogP contribution in [-0.2, 0) is 16.6 Å². The summed E-state index contributed by atoms with van der Waals surface area (Å²) in [5.41, 5.74) is 3.39. The van der Waals surface area contributed by atoms with Crippen molar-refractivity contribution in [2.45, 2.75) is 24.4 Å². The number of halogens is 5. The molecule has 114 valence electrons. The average molecular weight is 321 g/mol. The zero-order valence-electron chi connectivity index (χ0n) is 9.49. The van der Waals surface area contributed by atoms with E-state index < -0.39 is 51.4 Å². The maximum Gasteiger partial charge on any atom is 0.574 e. The van der Waals surface area contributed by atoms with Crippen molar-refractivity contribution in [3.05, 3.63) is 17.2 Å². The average Bonchev–Trinajstić information content (AvgIpc) is 2.24. The molecule has 0 unspecified atom stereocenters. The summed E-state index contributed by atoms with van der Waals surface area (Å²) in [5.74, 6) is -1.37. The summed E-state index contributed by atoms with van der Waals surface area (Å²) in [6.07, 6.45) is -8.51. The molecule has 1 heterocycles. The van der Waals surface area contributed by atoms with Gasteiger partial charge in [0.25, 0.3) is 16.4 Å². The predicted octanol–water partition coefficient (Wildman–Crippen LogP) is 1.02. The number of primary sulfonamides is 1. The van der Waals surface area contributed by atoms with Crippen molar-refractivity contribution in [3.8, 4) is 5.88 Å². The first kappa shape index (κ1) is 16.5. The smallest absolute Gasteiger partial charge is 0.388 e. The maximum atomic E-state index is 12.7. The summed E-state index contributed by atoms with van der Waals surface area (Å²) in [7, 11) is -4.65. The van der Waals surface area contributed by atoms with Crippen molar-refractivity contribution in [2.24, 2.45) is 10.9 Å². The molecule has 0 aliphatic rings. The van der Waals surface area contributed by atoms with Crippen LogP contribution in [0.3, 0.4) is 0 Å². The Kier molecular flexibility index (Phi) is 4.51. The van der Waals surface area contributed by atoms with Crippen LogP contribution in [-0.4, -0.2) is 19.8 Å². The molecule has 1 aromatic heterocycles. The van der Waals surface area contributed by atoms with E-state index in [0.29, 0.717) is 0 Å². The second-order valence-electron chi connectivity index (χ2n) is 3.43. The largest absolute Gasteiger partial charge is 0.574 e. The van der Waals surface area contributed by atoms with Crippen molar-refractivity contribution in [2.75, 3.05) is 0 Å². The predicted molar refractivity (Wildman–Crippen MR) is 55.1 cm³/mol. The summed E-state index contributed by atoms with van der Waals surface area (Å²) in [4.78, 5) is 2.97. The van der Waals surface area contributed by atoms with E-state index in [0.717, 1.165) is 0 Å². The lowest BCUT2D eigenvalue weighted by molar-refractivity contribution is -0.276. The van der Waals surface area contributed by atoms with Gasteiger partial charge in [-0.2, -0.15) is 4.98 Å². The Morgan fingerprint density at radius 1 is 1.35 bits per heavy atom. The van der Waals surface area contributed by atoms with Gasteiger partial charge in [0, 0.05) is 23.7 Å². The van der Waals surface area contributed by atoms with Crippen LogP contribution in [0.4, 0.5) is 22.0 Å². The standard InChI is InChI=1S/C8H8F5N3O3S/c9-6(10)3-1-5(19-8(11,12)13)16-7(4(3)2-14)20(15,17)18/h1,6H,2,14H2,(H2,15,17,18). The molecule has 12 heteroatoms. The third-order valence-corrected chi connectivity index (χ3v) is 2.90. The fourth-order valence-corrected chi connectivity index (χ4v) is 2.11. The minimum atomic E-state index is -5.23. The molecule has 0 saturated carbocycles. The Labute approximate surface area is 109 Å². The van der Waals surface area contributed by atoms with E-state index in [1.54, 1.807) is 0 Å². The van der Waals surface area contributed by atoms with Crippen LogP contribution in [0, 0.1) is 0 Å². The number of sulfonamides is 1. The fraction of sp³-hybridized carbons (Fsp3) is 0.375. The monoisotopic (exact) mass is 321 g/mol. The molecular formula is C8H8F5N3O3S. The van der Waals surface area contributed by atoms with Crippen molar-refractivity contribution < 1.29 is 35.1 Å². The van der Waals surface area contributed by atoms with Gasteiger partial charge in [0.05, 0.1) is 0 Å². The molecule has 0 aliphatic heterocycles. The van der Waals surface area contributed by atoms with Crippen LogP contribution < -0.4 is 15.6 Å². The van der Waals surface area contributed by atoms with Gasteiger partial charge in [0.15, 0.2) is 5.03 Å². The number of nitrogens with two attached hydrogens (primary N) is 2. The van der Waals surface area contributed by atoms with Gasteiger partial charge >= 0.3 is 6.36 Å². The second-order valence-corrected chi connectivity index (χ2v) is 4.91. The SMILES string of the molecule is NCc1c(C(F)F)cc(OC(F)(F)F)nc1S(N)(=O)=O. The van der Waals surface area contributed by atoms with Crippen LogP contribution in [0.25, 0.3) is 0 Å². The first-order valence-corrected chi connectivity index (χ1v) is 6.31. The zero-order valence-corrected chi connectivity index (χ0v) is 10.3. The molecule has 0 aliphatic carbocycles. The number of pyridine rings is 1. The first-order chi connectivity index (χ1) is 8.95. The van der Waals surface area contributed by atoms with Gasteiger partial charge in [-0.05, 0) is 0 Å². The zero-order chi connectivity index (χ0) is 15.7. The Morgan fingerprint density at radius 3 is 2.25 bits per heavy atom. The number of hydrogen-bond donors (Lipinski definition) is 2. The summed E-state index contributed by atoms with van der Waals surface area (Å²) >= 11 is 0. The molecular weight excluding hydrogens is 313 g/mol. The van der Waals surface area contributed by atoms with Gasteiger partial charge in [0.1, 0.15) is 0 Å². The third kappa shape index (κ3) is 3.98. The third-order valence-electron chi connectivity index (χ3n) is 2.03. The molecule has 1 rings (SSSR count). The number of ether oxygens (including phenoxy) is 1. The maximum absolute atomic E-state index is 12.7. The van der Waals surface area contributed by atoms with Crippen LogP contribution in [0.2, 0.25) is 0 Å². The van der Waals surface area contributed by atoms with Crippen LogP contribution in [0.1, 0.15) is 17.6 Å². The number of rotatable bonds is 4. The molecule has 0 aromatic carbocycles. The first-order valence-electron chi connectivity index (χ1n) is 4.76. The van der Waals surface area contributed by atoms with E-state index >= 15 is 0 Å². The van der Waals surface area contributed by atoms with Crippen LogP contribution in [0.15, 0.2) is 11.1 Å². The number of aromatic nitrogens is 1. The molecule has 1 aromatic rings. The minimum Gasteiger partial charge on any atom is -0.388 e. The summed E-state index contributed by atoms with van der Waals surface area (Å²) in [5, 5.41) is 3.52. The summed E-state index contributed by atoms with van der Waals surface area (Å²) in [6, 6.07) is 0.259. The quantitative estimate of drug-likeness (QED) is 0.805. The molecule has 6 nitrogen and oxygen atoms in total. The Hall–Kier alpha value is -1.53. The number of hydrogen-bond acceptors (Lipinski definition) is 5. The van der Waals surface area contributed by atoms with Gasteiger partial charge in [-0.3, -0.25) is 0 Å². The van der Waals surface area contributed by atoms with Crippen molar-refractivity contribution in [1.29, 1.82) is 0 Å². The Bertz CT molecular complexity index is 602. The van der Waals surface area contributed by atoms with Gasteiger partial charge < -0.3 is 10.5 Å². The van der Waals surface area contributed by atoms with E-state index in [-0.39, 0.29) is 6.07 Å². The van der Waals surface area contributed by atoms with E-state index in [4.69, 9.17) is 10.9 Å². The molecule has 0 radical (unpaired) electrons. The van der Waals surface area contributed by atoms with E-state index in [1.807, 2.05) is 0 Å². The highest BCUT2D eigenvalue weighted by molar-refractivity contribution is 7.89. The number of alkyl halides is 5. The Morgan fingerprint density at radius 2 is 1.90 bits per heavy atom. The second kappa shape index (κ2) is 5.46. The van der Waals surface area contributed by atoms with Gasteiger partial charge in [-0.15, -0.1) is 13.2 Å². The van der Waals surface area contributed by atoms with E-state index in [1.165, 1.54) is 0 Å². The van der Waals surface area contributed by atoms with Crippen LogP contribution >= 0.6 is 0 Å². The molecule has 0 bridgehead atoms. The number of nitrogens with zero attached hydrogens (tertiary/aromatic N) is 1. The van der Waals surface area contributed by atoms with Crippen molar-refractivity contribution >= 4 is 10.0 Å². The normalized spacial score (nSPS) is 12.8. The minimum absolute atomic E-state index is 0.259. The van der Waals surface area contributed by atoms with Gasteiger partial charge in [-0.25, -0.2) is 22.3 Å². The topological polar surface area (TPSA) is 108 Å². The van der Waals surface area contributed by atoms with Crippen molar-refractivity contribution in [1.82, 2.24) is 4.98 Å². The highest BCUT2D eigenvalue weighted by atomic mass is 32.2. The molecule has 4 N–H and O–H groups in total. The van der Waals surface area contributed by atoms with Crippen LogP contribution in [0.5, 0.6) is 5.88 Å². The lowest BCUT2D eigenvalue weighted by atomic mass is 10.1. The highest BCUT2D eigenvalue weighted by Gasteiger charge is 2.34. The van der Waals surface area contributed by atoms with E-state index in [9.17, 15) is 30.4 Å². The molecule has 0 spiro atoms.